The van der Waals surface area contributed by atoms with Gasteiger partial charge in [-0.1, -0.05) is 42.5 Å². The van der Waals surface area contributed by atoms with Crippen LogP contribution in [0.2, 0.25) is 0 Å². The minimum absolute atomic E-state index is 0.156. The minimum atomic E-state index is -4.48. The SMILES string of the molecule is O=C(COC(=O)c1ccccc1S(=O)(=O)c1ccccc1[N+](=O)[O-])c1ccc(OC(=O)c2ccccc2)cc1. The molecule has 0 saturated heterocycles. The quantitative estimate of drug-likeness (QED) is 0.0961. The molecule has 4 aromatic rings. The van der Waals surface area contributed by atoms with Crippen LogP contribution in [0, 0.1) is 10.1 Å². The highest BCUT2D eigenvalue weighted by molar-refractivity contribution is 7.91. The number of sulfone groups is 1. The van der Waals surface area contributed by atoms with Crippen molar-refractivity contribution in [1.29, 1.82) is 0 Å². The van der Waals surface area contributed by atoms with Crippen molar-refractivity contribution in [3.8, 4) is 5.75 Å². The van der Waals surface area contributed by atoms with Crippen molar-refractivity contribution in [2.75, 3.05) is 6.61 Å². The van der Waals surface area contributed by atoms with Gasteiger partial charge in [-0.05, 0) is 54.6 Å². The van der Waals surface area contributed by atoms with Gasteiger partial charge in [0, 0.05) is 11.6 Å². The van der Waals surface area contributed by atoms with Crippen LogP contribution in [0.1, 0.15) is 31.1 Å². The van der Waals surface area contributed by atoms with E-state index in [0.29, 0.717) is 5.56 Å². The second kappa shape index (κ2) is 11.5. The van der Waals surface area contributed by atoms with Crippen LogP contribution in [0.25, 0.3) is 0 Å². The lowest BCUT2D eigenvalue weighted by molar-refractivity contribution is -0.387. The number of ketones is 1. The van der Waals surface area contributed by atoms with Crippen LogP contribution in [-0.2, 0) is 14.6 Å². The summed E-state index contributed by atoms with van der Waals surface area (Å²) in [4.78, 5) is 47.0. The molecule has 0 saturated carbocycles. The summed E-state index contributed by atoms with van der Waals surface area (Å²) in [6.45, 7) is -0.706. The first kappa shape index (κ1) is 26.9. The summed E-state index contributed by atoms with van der Waals surface area (Å²) in [5, 5.41) is 11.4. The maximum Gasteiger partial charge on any atom is 0.343 e. The molecule has 0 atom stereocenters. The molecule has 0 aliphatic rings. The van der Waals surface area contributed by atoms with E-state index in [1.54, 1.807) is 30.3 Å². The summed E-state index contributed by atoms with van der Waals surface area (Å²) < 4.78 is 36.8. The highest BCUT2D eigenvalue weighted by Crippen LogP contribution is 2.31. The molecule has 0 spiro atoms. The molecule has 0 heterocycles. The van der Waals surface area contributed by atoms with E-state index in [-0.39, 0.29) is 16.9 Å². The fourth-order valence-corrected chi connectivity index (χ4v) is 5.18. The van der Waals surface area contributed by atoms with E-state index in [2.05, 4.69) is 0 Å². The van der Waals surface area contributed by atoms with Gasteiger partial charge in [0.05, 0.1) is 20.9 Å². The molecule has 0 amide bonds. The second-order valence-corrected chi connectivity index (χ2v) is 9.89. The van der Waals surface area contributed by atoms with Gasteiger partial charge < -0.3 is 9.47 Å². The van der Waals surface area contributed by atoms with E-state index < -0.39 is 54.6 Å². The molecule has 0 N–H and O–H groups in total. The highest BCUT2D eigenvalue weighted by atomic mass is 32.2. The fraction of sp³-hybridized carbons (Fsp3) is 0.0357. The third-order valence-corrected chi connectivity index (χ3v) is 7.34. The number of benzene rings is 4. The van der Waals surface area contributed by atoms with Crippen molar-refractivity contribution in [2.24, 2.45) is 0 Å². The maximum absolute atomic E-state index is 13.2. The predicted molar refractivity (Wildman–Crippen MR) is 137 cm³/mol. The number of carbonyl (C=O) groups is 3. The van der Waals surface area contributed by atoms with Gasteiger partial charge in [-0.3, -0.25) is 14.9 Å². The Morgan fingerprint density at radius 2 is 1.28 bits per heavy atom. The van der Waals surface area contributed by atoms with Gasteiger partial charge in [-0.25, -0.2) is 18.0 Å². The number of hydrogen-bond donors (Lipinski definition) is 0. The van der Waals surface area contributed by atoms with Crippen LogP contribution in [0.3, 0.4) is 0 Å². The summed E-state index contributed by atoms with van der Waals surface area (Å²) in [6, 6.07) is 23.7. The Kier molecular flexibility index (Phi) is 7.92. The Labute approximate surface area is 222 Å². The van der Waals surface area contributed by atoms with Crippen molar-refractivity contribution in [3.05, 3.63) is 130 Å². The zero-order chi connectivity index (χ0) is 28.0. The lowest BCUT2D eigenvalue weighted by Gasteiger charge is -2.11. The summed E-state index contributed by atoms with van der Waals surface area (Å²) >= 11 is 0. The van der Waals surface area contributed by atoms with Crippen molar-refractivity contribution in [2.45, 2.75) is 9.79 Å². The number of nitrogens with zero attached hydrogens (tertiary/aromatic N) is 1. The van der Waals surface area contributed by atoms with E-state index in [1.165, 1.54) is 54.6 Å². The summed E-state index contributed by atoms with van der Waals surface area (Å²) in [7, 11) is -4.48. The van der Waals surface area contributed by atoms with E-state index in [1.807, 2.05) is 0 Å². The first-order valence-corrected chi connectivity index (χ1v) is 12.8. The van der Waals surface area contributed by atoms with Crippen molar-refractivity contribution in [1.82, 2.24) is 0 Å². The lowest BCUT2D eigenvalue weighted by atomic mass is 10.1. The van der Waals surface area contributed by atoms with Crippen LogP contribution in [0.15, 0.2) is 113 Å². The molecule has 0 aliphatic heterocycles. The van der Waals surface area contributed by atoms with E-state index >= 15 is 0 Å². The third kappa shape index (κ3) is 6.05. The van der Waals surface area contributed by atoms with Crippen LogP contribution < -0.4 is 4.74 Å². The maximum atomic E-state index is 13.2. The number of nitro benzene ring substituents is 1. The number of para-hydroxylation sites is 1. The lowest BCUT2D eigenvalue weighted by Crippen LogP contribution is -2.17. The number of Topliss-reactive ketones (excluding diaryl/α,β-unsaturated/α-hetero) is 1. The highest BCUT2D eigenvalue weighted by Gasteiger charge is 2.31. The molecule has 4 aromatic carbocycles. The minimum Gasteiger partial charge on any atom is -0.454 e. The molecule has 0 bridgehead atoms. The normalized spacial score (nSPS) is 10.9. The molecule has 10 nitrogen and oxygen atoms in total. The average Bonchev–Trinajstić information content (AvgIpc) is 2.96. The number of hydrogen-bond acceptors (Lipinski definition) is 9. The third-order valence-electron chi connectivity index (χ3n) is 5.48. The molecule has 0 aliphatic carbocycles. The number of nitro groups is 1. The molecule has 0 radical (unpaired) electrons. The largest absolute Gasteiger partial charge is 0.454 e. The van der Waals surface area contributed by atoms with Gasteiger partial charge in [0.2, 0.25) is 9.84 Å². The molecule has 11 heteroatoms. The molecule has 39 heavy (non-hydrogen) atoms. The van der Waals surface area contributed by atoms with Crippen molar-refractivity contribution < 1.29 is 37.2 Å². The first-order chi connectivity index (χ1) is 18.7. The average molecular weight is 546 g/mol. The van der Waals surface area contributed by atoms with Crippen molar-refractivity contribution >= 4 is 33.2 Å². The number of ether oxygens (including phenoxy) is 2. The monoisotopic (exact) mass is 545 g/mol. The van der Waals surface area contributed by atoms with Crippen LogP contribution in [0.5, 0.6) is 5.75 Å². The van der Waals surface area contributed by atoms with E-state index in [9.17, 15) is 32.9 Å². The van der Waals surface area contributed by atoms with Crippen molar-refractivity contribution in [3.63, 3.8) is 0 Å². The Balaban J connectivity index is 1.46. The second-order valence-electron chi connectivity index (χ2n) is 8.00. The molecule has 0 fully saturated rings. The number of carbonyl (C=O) groups excluding carboxylic acids is 3. The number of rotatable bonds is 9. The fourth-order valence-electron chi connectivity index (χ4n) is 3.56. The summed E-state index contributed by atoms with van der Waals surface area (Å²) in [6.07, 6.45) is 0. The number of esters is 2. The van der Waals surface area contributed by atoms with Gasteiger partial charge in [-0.2, -0.15) is 0 Å². The Hall–Kier alpha value is -5.16. The first-order valence-electron chi connectivity index (χ1n) is 11.3. The molecular formula is C28H19NO9S. The topological polar surface area (TPSA) is 147 Å². The van der Waals surface area contributed by atoms with Crippen LogP contribution in [0.4, 0.5) is 5.69 Å². The molecule has 0 aromatic heterocycles. The molecule has 4 rings (SSSR count). The standard InChI is InChI=1S/C28H19NO9S/c30-24(19-14-16-21(17-15-19)38-27(31)20-8-2-1-3-9-20)18-37-28(32)22-10-4-6-12-25(22)39(35,36)26-13-7-5-11-23(26)29(33)34/h1-17H,18H2. The zero-order valence-corrected chi connectivity index (χ0v) is 20.9. The summed E-state index contributed by atoms with van der Waals surface area (Å²) in [5.74, 6) is -2.07. The molecule has 0 unspecified atom stereocenters. The van der Waals surface area contributed by atoms with E-state index in [0.717, 1.165) is 18.2 Å². The van der Waals surface area contributed by atoms with Gasteiger partial charge in [-0.15, -0.1) is 0 Å². The zero-order valence-electron chi connectivity index (χ0n) is 20.1. The van der Waals surface area contributed by atoms with Crippen LogP contribution >= 0.6 is 0 Å². The van der Waals surface area contributed by atoms with E-state index in [4.69, 9.17) is 9.47 Å². The predicted octanol–water partition coefficient (Wildman–Crippen LogP) is 4.69. The van der Waals surface area contributed by atoms with Gasteiger partial charge in [0.25, 0.3) is 5.69 Å². The molecule has 196 valence electrons. The summed E-state index contributed by atoms with van der Waals surface area (Å²) in [5.41, 5.74) is -0.516. The Morgan fingerprint density at radius 3 is 1.95 bits per heavy atom. The smallest absolute Gasteiger partial charge is 0.343 e. The Bertz CT molecular complexity index is 1670. The van der Waals surface area contributed by atoms with Gasteiger partial charge >= 0.3 is 11.9 Å². The Morgan fingerprint density at radius 1 is 0.692 bits per heavy atom. The van der Waals surface area contributed by atoms with Gasteiger partial charge in [0.15, 0.2) is 12.4 Å². The molecular weight excluding hydrogens is 526 g/mol. The van der Waals surface area contributed by atoms with Crippen LogP contribution in [-0.4, -0.2) is 37.7 Å². The van der Waals surface area contributed by atoms with Gasteiger partial charge in [0.1, 0.15) is 10.6 Å².